The minimum absolute atomic E-state index is 0.982. The van der Waals surface area contributed by atoms with E-state index in [1.54, 1.807) is 0 Å². The first-order valence-electron chi connectivity index (χ1n) is 8.69. The third-order valence-corrected chi connectivity index (χ3v) is 5.19. The predicted octanol–water partition coefficient (Wildman–Crippen LogP) is 6.74. The number of rotatable bonds is 2. The third-order valence-electron chi connectivity index (χ3n) is 4.89. The number of nitrogens with zero attached hydrogens (tertiary/aromatic N) is 1. The highest BCUT2D eigenvalue weighted by molar-refractivity contribution is 7.80. The summed E-state index contributed by atoms with van der Waals surface area (Å²) in [4.78, 5) is 0.982. The van der Waals surface area contributed by atoms with Gasteiger partial charge in [-0.05, 0) is 53.6 Å². The summed E-state index contributed by atoms with van der Waals surface area (Å²) >= 11 is 4.39. The maximum absolute atomic E-state index is 4.39. The number of hydrogen-bond acceptors (Lipinski definition) is 1. The summed E-state index contributed by atoms with van der Waals surface area (Å²) in [6.45, 7) is 0. The molecule has 0 aliphatic rings. The second-order valence-corrected chi connectivity index (χ2v) is 6.98. The van der Waals surface area contributed by atoms with Crippen LogP contribution in [0.25, 0.3) is 38.6 Å². The van der Waals surface area contributed by atoms with E-state index in [0.29, 0.717) is 0 Å². The van der Waals surface area contributed by atoms with Gasteiger partial charge in [-0.1, -0.05) is 54.6 Å². The normalized spacial score (nSPS) is 11.3. The smallest absolute Gasteiger partial charge is 0.0541 e. The molecule has 2 heteroatoms. The number of fused-ring (bicyclic) bond motifs is 3. The molecule has 0 saturated carbocycles. The van der Waals surface area contributed by atoms with Gasteiger partial charge in [0.1, 0.15) is 0 Å². The molecule has 26 heavy (non-hydrogen) atoms. The van der Waals surface area contributed by atoms with Gasteiger partial charge < -0.3 is 4.57 Å². The summed E-state index contributed by atoms with van der Waals surface area (Å²) in [7, 11) is 0. The minimum atomic E-state index is 0.982. The minimum Gasteiger partial charge on any atom is -0.309 e. The summed E-state index contributed by atoms with van der Waals surface area (Å²) in [5, 5.41) is 2.55. The third kappa shape index (κ3) is 2.42. The van der Waals surface area contributed by atoms with E-state index in [2.05, 4.69) is 102 Å². The SMILES string of the molecule is Sc1ccc(-c2ccc3c(c2)c2ccccc2n3-c2ccccc2)cc1. The highest BCUT2D eigenvalue weighted by atomic mass is 32.1. The summed E-state index contributed by atoms with van der Waals surface area (Å²) in [6, 6.07) is 34.2. The molecule has 0 saturated heterocycles. The first kappa shape index (κ1) is 15.3. The maximum Gasteiger partial charge on any atom is 0.0541 e. The van der Waals surface area contributed by atoms with Gasteiger partial charge in [-0.25, -0.2) is 0 Å². The van der Waals surface area contributed by atoms with Gasteiger partial charge in [0.05, 0.1) is 11.0 Å². The van der Waals surface area contributed by atoms with Gasteiger partial charge >= 0.3 is 0 Å². The summed E-state index contributed by atoms with van der Waals surface area (Å²) in [6.07, 6.45) is 0. The molecule has 0 unspecified atom stereocenters. The van der Waals surface area contributed by atoms with Gasteiger partial charge in [-0.2, -0.15) is 0 Å². The second-order valence-electron chi connectivity index (χ2n) is 6.47. The van der Waals surface area contributed by atoms with Crippen molar-refractivity contribution in [1.82, 2.24) is 4.57 Å². The molecule has 0 amide bonds. The Bertz CT molecular complexity index is 1220. The molecular weight excluding hydrogens is 334 g/mol. The fourth-order valence-corrected chi connectivity index (χ4v) is 3.81. The maximum atomic E-state index is 4.39. The number of benzene rings is 4. The van der Waals surface area contributed by atoms with Crippen LogP contribution in [0.4, 0.5) is 0 Å². The summed E-state index contributed by atoms with van der Waals surface area (Å²) < 4.78 is 2.34. The van der Waals surface area contributed by atoms with Crippen molar-refractivity contribution in [2.75, 3.05) is 0 Å². The van der Waals surface area contributed by atoms with Crippen LogP contribution in [0.1, 0.15) is 0 Å². The van der Waals surface area contributed by atoms with E-state index < -0.39 is 0 Å². The average Bonchev–Trinajstić information content (AvgIpc) is 3.03. The second kappa shape index (κ2) is 6.08. The Morgan fingerprint density at radius 1 is 0.538 bits per heavy atom. The molecule has 5 rings (SSSR count). The Morgan fingerprint density at radius 3 is 2.00 bits per heavy atom. The lowest BCUT2D eigenvalue weighted by atomic mass is 10.0. The molecule has 0 bridgehead atoms. The summed E-state index contributed by atoms with van der Waals surface area (Å²) in [5.41, 5.74) is 6.08. The molecule has 0 spiro atoms. The molecule has 0 radical (unpaired) electrons. The topological polar surface area (TPSA) is 4.93 Å². The first-order valence-corrected chi connectivity index (χ1v) is 9.14. The van der Waals surface area contributed by atoms with Crippen molar-refractivity contribution >= 4 is 34.4 Å². The fraction of sp³-hybridized carbons (Fsp3) is 0. The van der Waals surface area contributed by atoms with E-state index in [4.69, 9.17) is 0 Å². The molecule has 4 aromatic carbocycles. The lowest BCUT2D eigenvalue weighted by Gasteiger charge is -2.08. The molecule has 1 nitrogen and oxygen atoms in total. The Kier molecular flexibility index (Phi) is 3.58. The lowest BCUT2D eigenvalue weighted by Crippen LogP contribution is -1.92. The van der Waals surface area contributed by atoms with Crippen molar-refractivity contribution in [2.45, 2.75) is 4.90 Å². The Labute approximate surface area is 157 Å². The van der Waals surface area contributed by atoms with Gasteiger partial charge in [0, 0.05) is 21.4 Å². The molecule has 1 aromatic heterocycles. The van der Waals surface area contributed by atoms with Crippen molar-refractivity contribution in [3.05, 3.63) is 97.1 Å². The monoisotopic (exact) mass is 351 g/mol. The van der Waals surface area contributed by atoms with Crippen LogP contribution in [0.15, 0.2) is 102 Å². The molecular formula is C24H17NS. The average molecular weight is 351 g/mol. The van der Waals surface area contributed by atoms with Crippen LogP contribution in [0.5, 0.6) is 0 Å². The van der Waals surface area contributed by atoms with Gasteiger partial charge in [-0.3, -0.25) is 0 Å². The van der Waals surface area contributed by atoms with Crippen LogP contribution in [0, 0.1) is 0 Å². The largest absolute Gasteiger partial charge is 0.309 e. The highest BCUT2D eigenvalue weighted by Gasteiger charge is 2.12. The van der Waals surface area contributed by atoms with E-state index >= 15 is 0 Å². The van der Waals surface area contributed by atoms with E-state index in [1.165, 1.54) is 38.6 Å². The molecule has 1 heterocycles. The zero-order valence-corrected chi connectivity index (χ0v) is 15.0. The van der Waals surface area contributed by atoms with E-state index in [0.717, 1.165) is 4.90 Å². The Hall–Kier alpha value is -2.97. The van der Waals surface area contributed by atoms with Gasteiger partial charge in [-0.15, -0.1) is 12.6 Å². The van der Waals surface area contributed by atoms with Crippen molar-refractivity contribution in [3.8, 4) is 16.8 Å². The zero-order valence-electron chi connectivity index (χ0n) is 14.1. The van der Waals surface area contributed by atoms with Crippen LogP contribution >= 0.6 is 12.6 Å². The van der Waals surface area contributed by atoms with Crippen LogP contribution in [0.3, 0.4) is 0 Å². The van der Waals surface area contributed by atoms with E-state index in [1.807, 2.05) is 12.1 Å². The first-order chi connectivity index (χ1) is 12.8. The number of thiol groups is 1. The van der Waals surface area contributed by atoms with Crippen molar-refractivity contribution in [3.63, 3.8) is 0 Å². The van der Waals surface area contributed by atoms with Crippen LogP contribution < -0.4 is 0 Å². The van der Waals surface area contributed by atoms with Gasteiger partial charge in [0.2, 0.25) is 0 Å². The van der Waals surface area contributed by atoms with Crippen molar-refractivity contribution in [1.29, 1.82) is 0 Å². The molecule has 0 fully saturated rings. The van der Waals surface area contributed by atoms with Crippen molar-refractivity contribution in [2.24, 2.45) is 0 Å². The Balaban J connectivity index is 1.82. The number of aromatic nitrogens is 1. The van der Waals surface area contributed by atoms with Gasteiger partial charge in [0.25, 0.3) is 0 Å². The predicted molar refractivity (Wildman–Crippen MR) is 113 cm³/mol. The molecule has 0 aliphatic heterocycles. The molecule has 0 aliphatic carbocycles. The number of para-hydroxylation sites is 2. The van der Waals surface area contributed by atoms with Crippen LogP contribution in [-0.2, 0) is 0 Å². The quantitative estimate of drug-likeness (QED) is 0.336. The molecule has 5 aromatic rings. The Morgan fingerprint density at radius 2 is 1.19 bits per heavy atom. The van der Waals surface area contributed by atoms with E-state index in [9.17, 15) is 0 Å². The van der Waals surface area contributed by atoms with Crippen molar-refractivity contribution < 1.29 is 0 Å². The fourth-order valence-electron chi connectivity index (χ4n) is 3.66. The lowest BCUT2D eigenvalue weighted by molar-refractivity contribution is 1.18. The number of hydrogen-bond donors (Lipinski definition) is 1. The summed E-state index contributed by atoms with van der Waals surface area (Å²) in [5.74, 6) is 0. The van der Waals surface area contributed by atoms with Crippen LogP contribution in [-0.4, -0.2) is 4.57 Å². The standard InChI is InChI=1S/C24H17NS/c26-20-13-10-17(11-14-20)18-12-15-24-22(16-18)21-8-4-5-9-23(21)25(24)19-6-2-1-3-7-19/h1-16,26H. The highest BCUT2D eigenvalue weighted by Crippen LogP contribution is 2.34. The van der Waals surface area contributed by atoms with Crippen LogP contribution in [0.2, 0.25) is 0 Å². The van der Waals surface area contributed by atoms with E-state index in [-0.39, 0.29) is 0 Å². The zero-order chi connectivity index (χ0) is 17.5. The van der Waals surface area contributed by atoms with Gasteiger partial charge in [0.15, 0.2) is 0 Å². The molecule has 0 N–H and O–H groups in total. The molecule has 124 valence electrons. The molecule has 0 atom stereocenters.